The van der Waals surface area contributed by atoms with Crippen molar-refractivity contribution >= 4 is 29.0 Å². The van der Waals surface area contributed by atoms with Crippen LogP contribution in [0, 0.1) is 5.92 Å². The number of benzene rings is 1. The van der Waals surface area contributed by atoms with Gasteiger partial charge < -0.3 is 0 Å². The zero-order valence-corrected chi connectivity index (χ0v) is 15.2. The molecular weight excluding hydrogens is 403 g/mol. The summed E-state index contributed by atoms with van der Waals surface area (Å²) in [5.41, 5.74) is -1.28. The molecule has 0 unspecified atom stereocenters. The van der Waals surface area contributed by atoms with Crippen LogP contribution in [0.15, 0.2) is 23.0 Å². The summed E-state index contributed by atoms with van der Waals surface area (Å²) in [6.45, 7) is 0. The Bertz CT molecular complexity index is 1040. The molecule has 1 aromatic heterocycles. The van der Waals surface area contributed by atoms with Crippen LogP contribution in [0.4, 0.5) is 13.2 Å². The van der Waals surface area contributed by atoms with Crippen LogP contribution in [0.1, 0.15) is 35.4 Å². The number of hydrogen-bond acceptors (Lipinski definition) is 5. The molecule has 2 aromatic rings. The number of nitrogens with zero attached hydrogens (tertiary/aromatic N) is 3. The maximum atomic E-state index is 12.9. The first-order chi connectivity index (χ1) is 13.0. The minimum atomic E-state index is -4.83. The summed E-state index contributed by atoms with van der Waals surface area (Å²) in [5, 5.41) is 3.06. The smallest absolute Gasteiger partial charge is 0.298 e. The summed E-state index contributed by atoms with van der Waals surface area (Å²) in [5.74, 6) is -4.57. The first-order valence-corrected chi connectivity index (χ1v) is 8.53. The Morgan fingerprint density at radius 2 is 1.79 bits per heavy atom. The molecule has 1 fully saturated rings. The molecule has 0 radical (unpaired) electrons. The van der Waals surface area contributed by atoms with E-state index in [2.05, 4.69) is 5.10 Å². The van der Waals surface area contributed by atoms with Gasteiger partial charge in [-0.25, -0.2) is 4.79 Å². The number of carbonyl (C=O) groups is 3. The van der Waals surface area contributed by atoms with E-state index in [-0.39, 0.29) is 29.1 Å². The van der Waals surface area contributed by atoms with Gasteiger partial charge in [-0.2, -0.15) is 17.9 Å². The summed E-state index contributed by atoms with van der Waals surface area (Å²) < 4.78 is 39.6. The maximum absolute atomic E-state index is 12.9. The number of halogens is 4. The zero-order valence-electron chi connectivity index (χ0n) is 14.4. The van der Waals surface area contributed by atoms with E-state index in [0.29, 0.717) is 15.7 Å². The second-order valence-electron chi connectivity index (χ2n) is 6.32. The van der Waals surface area contributed by atoms with Crippen LogP contribution in [-0.4, -0.2) is 31.7 Å². The molecule has 0 spiro atoms. The lowest BCUT2D eigenvalue weighted by atomic mass is 9.81. The van der Waals surface area contributed by atoms with Crippen LogP contribution in [0.25, 0.3) is 5.69 Å². The standard InChI is InChI=1S/C17H13ClF3N3O4/c1-23-15(17(19,20)21)22-24(16(23)28)8-5-6-9(10(18)7-8)14(27)13-11(25)3-2-4-12(13)26/h5-7,13H,2-4H2,1H3. The number of alkyl halides is 3. The first kappa shape index (κ1) is 20.0. The van der Waals surface area contributed by atoms with Gasteiger partial charge in [0.1, 0.15) is 5.92 Å². The van der Waals surface area contributed by atoms with Crippen LogP contribution in [0.3, 0.4) is 0 Å². The molecule has 0 atom stereocenters. The van der Waals surface area contributed by atoms with Gasteiger partial charge in [0.25, 0.3) is 0 Å². The molecule has 28 heavy (non-hydrogen) atoms. The predicted molar refractivity (Wildman–Crippen MR) is 90.5 cm³/mol. The van der Waals surface area contributed by atoms with Gasteiger partial charge in [-0.15, -0.1) is 5.10 Å². The molecule has 1 saturated carbocycles. The second-order valence-corrected chi connectivity index (χ2v) is 6.73. The summed E-state index contributed by atoms with van der Waals surface area (Å²) in [7, 11) is 0.925. The van der Waals surface area contributed by atoms with Gasteiger partial charge in [-0.05, 0) is 24.6 Å². The summed E-state index contributed by atoms with van der Waals surface area (Å²) >= 11 is 6.06. The lowest BCUT2D eigenvalue weighted by Crippen LogP contribution is -2.35. The Morgan fingerprint density at radius 3 is 2.29 bits per heavy atom. The topological polar surface area (TPSA) is 91.0 Å². The van der Waals surface area contributed by atoms with Crippen LogP contribution < -0.4 is 5.69 Å². The van der Waals surface area contributed by atoms with Gasteiger partial charge in [0.05, 0.1) is 10.7 Å². The van der Waals surface area contributed by atoms with Crippen molar-refractivity contribution in [3.05, 3.63) is 45.1 Å². The molecule has 0 bridgehead atoms. The third-order valence-electron chi connectivity index (χ3n) is 4.45. The molecule has 1 aromatic carbocycles. The normalized spacial score (nSPS) is 15.9. The van der Waals surface area contributed by atoms with E-state index < -0.39 is 41.0 Å². The van der Waals surface area contributed by atoms with E-state index >= 15 is 0 Å². The second kappa shape index (κ2) is 7.01. The van der Waals surface area contributed by atoms with Gasteiger partial charge in [-0.3, -0.25) is 19.0 Å². The van der Waals surface area contributed by atoms with Crippen molar-refractivity contribution in [1.29, 1.82) is 0 Å². The van der Waals surface area contributed by atoms with Crippen molar-refractivity contribution < 1.29 is 27.6 Å². The van der Waals surface area contributed by atoms with Crippen molar-refractivity contribution in [1.82, 2.24) is 14.3 Å². The molecule has 0 amide bonds. The first-order valence-electron chi connectivity index (χ1n) is 8.15. The molecule has 1 heterocycles. The van der Waals surface area contributed by atoms with E-state index in [4.69, 9.17) is 11.6 Å². The summed E-state index contributed by atoms with van der Waals surface area (Å²) in [6.07, 6.45) is -4.22. The third-order valence-corrected chi connectivity index (χ3v) is 4.76. The van der Waals surface area contributed by atoms with E-state index in [1.54, 1.807) is 0 Å². The molecule has 0 N–H and O–H groups in total. The van der Waals surface area contributed by atoms with Crippen LogP contribution >= 0.6 is 11.6 Å². The largest absolute Gasteiger partial charge is 0.451 e. The maximum Gasteiger partial charge on any atom is 0.451 e. The van der Waals surface area contributed by atoms with E-state index in [9.17, 15) is 32.3 Å². The molecule has 3 rings (SSSR count). The highest BCUT2D eigenvalue weighted by molar-refractivity contribution is 6.36. The van der Waals surface area contributed by atoms with Gasteiger partial charge >= 0.3 is 11.9 Å². The number of aromatic nitrogens is 3. The molecule has 7 nitrogen and oxygen atoms in total. The molecular formula is C17H13ClF3N3O4. The Balaban J connectivity index is 2.00. The van der Waals surface area contributed by atoms with E-state index in [1.165, 1.54) is 6.07 Å². The number of carbonyl (C=O) groups excluding carboxylic acids is 3. The number of rotatable bonds is 3. The molecule has 11 heteroatoms. The Labute approximate surface area is 160 Å². The Kier molecular flexibility index (Phi) is 5.00. The third kappa shape index (κ3) is 3.39. The van der Waals surface area contributed by atoms with E-state index in [0.717, 1.165) is 19.2 Å². The Morgan fingerprint density at radius 1 is 1.18 bits per heavy atom. The van der Waals surface area contributed by atoms with Gasteiger partial charge in [-0.1, -0.05) is 11.6 Å². The van der Waals surface area contributed by atoms with Crippen molar-refractivity contribution in [2.45, 2.75) is 25.4 Å². The highest BCUT2D eigenvalue weighted by Crippen LogP contribution is 2.29. The molecule has 0 saturated heterocycles. The van der Waals surface area contributed by atoms with E-state index in [1.807, 2.05) is 0 Å². The van der Waals surface area contributed by atoms with Crippen LogP contribution in [0.2, 0.25) is 5.02 Å². The molecule has 1 aliphatic rings. The SMILES string of the molecule is Cn1c(C(F)(F)F)nn(-c2ccc(C(=O)C3C(=O)CCCC3=O)c(Cl)c2)c1=O. The minimum Gasteiger partial charge on any atom is -0.298 e. The lowest BCUT2D eigenvalue weighted by molar-refractivity contribution is -0.147. The quantitative estimate of drug-likeness (QED) is 0.567. The predicted octanol–water partition coefficient (Wildman–Crippen LogP) is 2.36. The highest BCUT2D eigenvalue weighted by atomic mass is 35.5. The highest BCUT2D eigenvalue weighted by Gasteiger charge is 2.39. The van der Waals surface area contributed by atoms with Crippen molar-refractivity contribution in [2.24, 2.45) is 13.0 Å². The number of hydrogen-bond donors (Lipinski definition) is 0. The minimum absolute atomic E-state index is 0.0982. The average molecular weight is 416 g/mol. The van der Waals surface area contributed by atoms with Crippen LogP contribution in [-0.2, 0) is 22.8 Å². The fourth-order valence-corrected chi connectivity index (χ4v) is 3.31. The number of Topliss-reactive ketones (excluding diaryl/α,β-unsaturated/α-hetero) is 3. The molecule has 0 aliphatic heterocycles. The van der Waals surface area contributed by atoms with Crippen molar-refractivity contribution in [3.8, 4) is 5.69 Å². The fraction of sp³-hybridized carbons (Fsp3) is 0.353. The van der Waals surface area contributed by atoms with Gasteiger partial charge in [0, 0.05) is 25.5 Å². The van der Waals surface area contributed by atoms with Gasteiger partial charge in [0.15, 0.2) is 17.3 Å². The molecule has 148 valence electrons. The van der Waals surface area contributed by atoms with Gasteiger partial charge in [0.2, 0.25) is 5.82 Å². The monoisotopic (exact) mass is 415 g/mol. The van der Waals surface area contributed by atoms with Crippen molar-refractivity contribution in [2.75, 3.05) is 0 Å². The summed E-state index contributed by atoms with van der Waals surface area (Å²) in [4.78, 5) is 48.5. The Hall–Kier alpha value is -2.75. The summed E-state index contributed by atoms with van der Waals surface area (Å²) in [6, 6.07) is 3.41. The molecule has 1 aliphatic carbocycles. The zero-order chi connectivity index (χ0) is 20.8. The lowest BCUT2D eigenvalue weighted by Gasteiger charge is -2.18. The fourth-order valence-electron chi connectivity index (χ4n) is 3.04. The average Bonchev–Trinajstić information content (AvgIpc) is 2.90. The van der Waals surface area contributed by atoms with Crippen LogP contribution in [0.5, 0.6) is 0 Å². The number of ketones is 3. The van der Waals surface area contributed by atoms with Crippen molar-refractivity contribution in [3.63, 3.8) is 0 Å².